The predicted molar refractivity (Wildman–Crippen MR) is 91.2 cm³/mol. The number of anilines is 2. The molecule has 124 valence electrons. The van der Waals surface area contributed by atoms with E-state index in [2.05, 4.69) is 9.88 Å². The Morgan fingerprint density at radius 2 is 1.71 bits per heavy atom. The van der Waals surface area contributed by atoms with Gasteiger partial charge in [-0.2, -0.15) is 5.26 Å². The van der Waals surface area contributed by atoms with E-state index in [4.69, 9.17) is 10.4 Å². The summed E-state index contributed by atoms with van der Waals surface area (Å²) in [6.45, 7) is 2.73. The van der Waals surface area contributed by atoms with Crippen molar-refractivity contribution in [3.8, 4) is 6.07 Å². The molecule has 0 amide bonds. The van der Waals surface area contributed by atoms with Gasteiger partial charge >= 0.3 is 0 Å². The fraction of sp³-hybridized carbons (Fsp3) is 0.250. The van der Waals surface area contributed by atoms with E-state index >= 15 is 0 Å². The van der Waals surface area contributed by atoms with Crippen LogP contribution in [0.15, 0.2) is 47.5 Å². The van der Waals surface area contributed by atoms with Crippen molar-refractivity contribution < 1.29 is 8.42 Å². The molecule has 7 nitrogen and oxygen atoms in total. The zero-order chi connectivity index (χ0) is 17.2. The highest BCUT2D eigenvalue weighted by Crippen LogP contribution is 2.25. The van der Waals surface area contributed by atoms with Crippen LogP contribution in [0.3, 0.4) is 0 Å². The van der Waals surface area contributed by atoms with Gasteiger partial charge in [-0.3, -0.25) is 0 Å². The average Bonchev–Trinajstić information content (AvgIpc) is 2.61. The molecule has 2 aromatic rings. The van der Waals surface area contributed by atoms with Crippen molar-refractivity contribution in [1.82, 2.24) is 4.98 Å². The van der Waals surface area contributed by atoms with E-state index in [0.717, 1.165) is 5.82 Å². The first kappa shape index (κ1) is 16.2. The van der Waals surface area contributed by atoms with Crippen LogP contribution >= 0.6 is 0 Å². The molecular weight excluding hydrogens is 326 g/mol. The van der Waals surface area contributed by atoms with Crippen molar-refractivity contribution in [3.05, 3.63) is 48.2 Å². The van der Waals surface area contributed by atoms with Crippen LogP contribution in [-0.2, 0) is 10.0 Å². The summed E-state index contributed by atoms with van der Waals surface area (Å²) in [5.74, 6) is 0.813. The number of pyridine rings is 1. The Morgan fingerprint density at radius 1 is 1.04 bits per heavy atom. The summed E-state index contributed by atoms with van der Waals surface area (Å²) in [5, 5.41) is 14.1. The van der Waals surface area contributed by atoms with Gasteiger partial charge in [-0.15, -0.1) is 0 Å². The number of aromatic nitrogens is 1. The summed E-state index contributed by atoms with van der Waals surface area (Å²) < 4.78 is 23.5. The zero-order valence-corrected chi connectivity index (χ0v) is 13.8. The third kappa shape index (κ3) is 3.32. The van der Waals surface area contributed by atoms with Crippen molar-refractivity contribution in [3.63, 3.8) is 0 Å². The van der Waals surface area contributed by atoms with Crippen LogP contribution in [0.4, 0.5) is 11.5 Å². The lowest BCUT2D eigenvalue weighted by molar-refractivity contribution is 0.595. The van der Waals surface area contributed by atoms with Crippen molar-refractivity contribution in [2.75, 3.05) is 36.0 Å². The second kappa shape index (κ2) is 6.47. The van der Waals surface area contributed by atoms with Crippen LogP contribution in [0.25, 0.3) is 0 Å². The van der Waals surface area contributed by atoms with Gasteiger partial charge in [0.2, 0.25) is 10.0 Å². The van der Waals surface area contributed by atoms with Crippen LogP contribution in [0.1, 0.15) is 5.56 Å². The monoisotopic (exact) mass is 343 g/mol. The Kier molecular flexibility index (Phi) is 4.38. The number of nitrogens with two attached hydrogens (primary N) is 1. The molecule has 0 radical (unpaired) electrons. The van der Waals surface area contributed by atoms with E-state index < -0.39 is 10.0 Å². The molecule has 0 bridgehead atoms. The highest BCUT2D eigenvalue weighted by atomic mass is 32.2. The molecule has 0 unspecified atom stereocenters. The Hall–Kier alpha value is -2.63. The summed E-state index contributed by atoms with van der Waals surface area (Å²) in [6.07, 6.45) is 1.55. The number of primary sulfonamides is 1. The lowest BCUT2D eigenvalue weighted by Gasteiger charge is -2.37. The fourth-order valence-electron chi connectivity index (χ4n) is 2.77. The van der Waals surface area contributed by atoms with Gasteiger partial charge in [0.15, 0.2) is 0 Å². The summed E-state index contributed by atoms with van der Waals surface area (Å²) in [7, 11) is -3.75. The maximum atomic E-state index is 11.7. The van der Waals surface area contributed by atoms with Crippen LogP contribution in [-0.4, -0.2) is 39.6 Å². The Morgan fingerprint density at radius 3 is 2.29 bits per heavy atom. The van der Waals surface area contributed by atoms with E-state index in [0.29, 0.717) is 37.4 Å². The molecule has 2 N–H and O–H groups in total. The SMILES string of the molecule is N#Cc1ccc(N2CCN(c3ccccc3S(N)(=O)=O)CC2)nc1. The van der Waals surface area contributed by atoms with Gasteiger partial charge in [0.1, 0.15) is 16.8 Å². The Balaban J connectivity index is 1.75. The second-order valence-corrected chi connectivity index (χ2v) is 7.03. The molecule has 1 saturated heterocycles. The molecule has 0 aliphatic carbocycles. The zero-order valence-electron chi connectivity index (χ0n) is 13.0. The smallest absolute Gasteiger partial charge is 0.240 e. The molecular formula is C16H17N5O2S. The molecule has 1 aromatic carbocycles. The standard InChI is InChI=1S/C16H17N5O2S/c17-11-13-5-6-16(19-12-13)21-9-7-20(8-10-21)14-3-1-2-4-15(14)24(18,22)23/h1-6,12H,7-10H2,(H2,18,22,23). The van der Waals surface area contributed by atoms with E-state index in [9.17, 15) is 8.42 Å². The third-order valence-corrected chi connectivity index (χ3v) is 4.95. The minimum atomic E-state index is -3.75. The first-order valence-electron chi connectivity index (χ1n) is 7.47. The van der Waals surface area contributed by atoms with Gasteiger partial charge in [-0.25, -0.2) is 18.5 Å². The third-order valence-electron chi connectivity index (χ3n) is 3.99. The van der Waals surface area contributed by atoms with E-state index in [-0.39, 0.29) is 4.90 Å². The summed E-state index contributed by atoms with van der Waals surface area (Å²) >= 11 is 0. The Labute approximate surface area is 141 Å². The number of piperazine rings is 1. The van der Waals surface area contributed by atoms with Crippen molar-refractivity contribution in [2.45, 2.75) is 4.90 Å². The highest BCUT2D eigenvalue weighted by Gasteiger charge is 2.23. The molecule has 8 heteroatoms. The predicted octanol–water partition coefficient (Wildman–Crippen LogP) is 0.927. The highest BCUT2D eigenvalue weighted by molar-refractivity contribution is 7.89. The van der Waals surface area contributed by atoms with Crippen molar-refractivity contribution >= 4 is 21.5 Å². The van der Waals surface area contributed by atoms with E-state index in [1.165, 1.54) is 6.07 Å². The Bertz CT molecular complexity index is 866. The summed E-state index contributed by atoms with van der Waals surface area (Å²) in [4.78, 5) is 8.57. The first-order chi connectivity index (χ1) is 11.5. The molecule has 24 heavy (non-hydrogen) atoms. The number of sulfonamides is 1. The second-order valence-electron chi connectivity index (χ2n) is 5.50. The van der Waals surface area contributed by atoms with Gasteiger partial charge in [-0.05, 0) is 24.3 Å². The molecule has 0 saturated carbocycles. The molecule has 1 fully saturated rings. The maximum Gasteiger partial charge on any atom is 0.240 e. The summed E-state index contributed by atoms with van der Waals surface area (Å²) in [5.41, 5.74) is 1.16. The van der Waals surface area contributed by atoms with Gasteiger partial charge in [0.25, 0.3) is 0 Å². The first-order valence-corrected chi connectivity index (χ1v) is 9.01. The lowest BCUT2D eigenvalue weighted by atomic mass is 10.2. The van der Waals surface area contributed by atoms with Crippen LogP contribution < -0.4 is 14.9 Å². The number of para-hydroxylation sites is 1. The number of benzene rings is 1. The van der Waals surface area contributed by atoms with Gasteiger partial charge in [0, 0.05) is 32.4 Å². The molecule has 0 atom stereocenters. The number of hydrogen-bond donors (Lipinski definition) is 1. The van der Waals surface area contributed by atoms with Crippen LogP contribution in [0.5, 0.6) is 0 Å². The molecule has 1 aromatic heterocycles. The number of hydrogen-bond acceptors (Lipinski definition) is 6. The van der Waals surface area contributed by atoms with Crippen molar-refractivity contribution in [2.24, 2.45) is 5.14 Å². The summed E-state index contributed by atoms with van der Waals surface area (Å²) in [6, 6.07) is 12.4. The van der Waals surface area contributed by atoms with E-state index in [1.807, 2.05) is 17.0 Å². The molecule has 2 heterocycles. The van der Waals surface area contributed by atoms with Crippen LogP contribution in [0.2, 0.25) is 0 Å². The molecule has 1 aliphatic rings. The molecule has 0 spiro atoms. The molecule has 1 aliphatic heterocycles. The average molecular weight is 343 g/mol. The van der Waals surface area contributed by atoms with Gasteiger partial charge < -0.3 is 9.80 Å². The van der Waals surface area contributed by atoms with Crippen molar-refractivity contribution in [1.29, 1.82) is 5.26 Å². The largest absolute Gasteiger partial charge is 0.367 e. The molecule has 3 rings (SSSR count). The number of rotatable bonds is 3. The minimum Gasteiger partial charge on any atom is -0.367 e. The number of nitriles is 1. The van der Waals surface area contributed by atoms with E-state index in [1.54, 1.807) is 30.5 Å². The number of nitrogens with zero attached hydrogens (tertiary/aromatic N) is 4. The normalized spacial score (nSPS) is 15.2. The quantitative estimate of drug-likeness (QED) is 0.889. The van der Waals surface area contributed by atoms with Gasteiger partial charge in [0.05, 0.1) is 11.3 Å². The minimum absolute atomic E-state index is 0.148. The fourth-order valence-corrected chi connectivity index (χ4v) is 3.53. The van der Waals surface area contributed by atoms with Crippen LogP contribution in [0, 0.1) is 11.3 Å². The van der Waals surface area contributed by atoms with Gasteiger partial charge in [-0.1, -0.05) is 12.1 Å². The lowest BCUT2D eigenvalue weighted by Crippen LogP contribution is -2.47. The maximum absolute atomic E-state index is 11.7. The topological polar surface area (TPSA) is 103 Å².